The molecule has 21 heavy (non-hydrogen) atoms. The van der Waals surface area contributed by atoms with Gasteiger partial charge in [0.15, 0.2) is 0 Å². The molecule has 114 valence electrons. The van der Waals surface area contributed by atoms with Gasteiger partial charge < -0.3 is 16.0 Å². The van der Waals surface area contributed by atoms with E-state index in [-0.39, 0.29) is 18.4 Å². The summed E-state index contributed by atoms with van der Waals surface area (Å²) in [6, 6.07) is 5.41. The van der Waals surface area contributed by atoms with E-state index >= 15 is 0 Å². The van der Waals surface area contributed by atoms with E-state index in [1.165, 1.54) is 0 Å². The van der Waals surface area contributed by atoms with Gasteiger partial charge in [0.1, 0.15) is 0 Å². The van der Waals surface area contributed by atoms with E-state index in [2.05, 4.69) is 16.0 Å². The van der Waals surface area contributed by atoms with Crippen LogP contribution < -0.4 is 16.0 Å². The van der Waals surface area contributed by atoms with Crippen molar-refractivity contribution < 1.29 is 9.59 Å². The van der Waals surface area contributed by atoms with E-state index < -0.39 is 0 Å². The van der Waals surface area contributed by atoms with Crippen molar-refractivity contribution in [2.24, 2.45) is 0 Å². The van der Waals surface area contributed by atoms with E-state index in [1.807, 2.05) is 6.92 Å². The molecule has 2 rings (SSSR count). The largest absolute Gasteiger partial charge is 0.384 e. The minimum Gasteiger partial charge on any atom is -0.384 e. The van der Waals surface area contributed by atoms with Crippen molar-refractivity contribution in [3.8, 4) is 0 Å². The molecule has 1 aromatic rings. The van der Waals surface area contributed by atoms with Gasteiger partial charge in [-0.05, 0) is 37.5 Å². The van der Waals surface area contributed by atoms with Crippen molar-refractivity contribution in [2.75, 3.05) is 18.4 Å². The van der Waals surface area contributed by atoms with E-state index in [9.17, 15) is 9.59 Å². The number of carbonyl (C=O) groups is 2. The lowest BCUT2D eigenvalue weighted by Crippen LogP contribution is -2.38. The predicted octanol–water partition coefficient (Wildman–Crippen LogP) is 2.17. The van der Waals surface area contributed by atoms with Gasteiger partial charge in [-0.1, -0.05) is 18.5 Å². The molecule has 0 radical (unpaired) electrons. The third kappa shape index (κ3) is 4.93. The van der Waals surface area contributed by atoms with Crippen LogP contribution in [0.2, 0.25) is 5.02 Å². The number of anilines is 1. The first kappa shape index (κ1) is 15.6. The van der Waals surface area contributed by atoms with Gasteiger partial charge in [-0.25, -0.2) is 0 Å². The Kier molecular flexibility index (Phi) is 5.44. The molecule has 0 unspecified atom stereocenters. The van der Waals surface area contributed by atoms with Crippen molar-refractivity contribution >= 4 is 29.1 Å². The topological polar surface area (TPSA) is 70.2 Å². The zero-order valence-electron chi connectivity index (χ0n) is 12.0. The van der Waals surface area contributed by atoms with Crippen LogP contribution >= 0.6 is 11.6 Å². The fourth-order valence-corrected chi connectivity index (χ4v) is 2.05. The zero-order valence-corrected chi connectivity index (χ0v) is 12.8. The van der Waals surface area contributed by atoms with Crippen LogP contribution in [0.15, 0.2) is 18.2 Å². The Bertz CT molecular complexity index is 530. The Hall–Kier alpha value is -1.75. The molecule has 5 nitrogen and oxygen atoms in total. The highest BCUT2D eigenvalue weighted by molar-refractivity contribution is 6.31. The molecule has 1 saturated carbocycles. The molecular weight excluding hydrogens is 290 g/mol. The summed E-state index contributed by atoms with van der Waals surface area (Å²) in [5, 5.41) is 9.12. The number of benzene rings is 1. The molecule has 1 fully saturated rings. The molecule has 0 saturated heterocycles. The number of rotatable bonds is 7. The number of halogens is 1. The van der Waals surface area contributed by atoms with Crippen LogP contribution in [0, 0.1) is 0 Å². The van der Waals surface area contributed by atoms with Gasteiger partial charge in [0.25, 0.3) is 5.91 Å². The summed E-state index contributed by atoms with van der Waals surface area (Å²) in [6.07, 6.45) is 3.01. The van der Waals surface area contributed by atoms with Crippen molar-refractivity contribution in [1.29, 1.82) is 0 Å². The second kappa shape index (κ2) is 7.31. The molecule has 1 aliphatic rings. The van der Waals surface area contributed by atoms with Crippen LogP contribution in [0.1, 0.15) is 36.5 Å². The lowest BCUT2D eigenvalue weighted by atomic mass is 10.1. The van der Waals surface area contributed by atoms with Gasteiger partial charge in [-0.2, -0.15) is 0 Å². The molecule has 1 aliphatic carbocycles. The second-order valence-corrected chi connectivity index (χ2v) is 5.58. The van der Waals surface area contributed by atoms with Crippen molar-refractivity contribution in [1.82, 2.24) is 10.6 Å². The minimum atomic E-state index is -0.304. The molecular formula is C15H20ClN3O2. The maximum absolute atomic E-state index is 12.2. The number of carbonyl (C=O) groups excluding carboxylic acids is 2. The number of hydrogen-bond acceptors (Lipinski definition) is 3. The summed E-state index contributed by atoms with van der Waals surface area (Å²) in [4.78, 5) is 23.8. The first-order valence-corrected chi connectivity index (χ1v) is 7.59. The fourth-order valence-electron chi connectivity index (χ4n) is 1.88. The predicted molar refractivity (Wildman–Crippen MR) is 83.7 cm³/mol. The molecule has 0 bridgehead atoms. The summed E-state index contributed by atoms with van der Waals surface area (Å²) in [7, 11) is 0. The molecule has 0 atom stereocenters. The van der Waals surface area contributed by atoms with Crippen LogP contribution in [0.3, 0.4) is 0 Å². The summed E-state index contributed by atoms with van der Waals surface area (Å²) in [5.41, 5.74) is 1.18. The average molecular weight is 310 g/mol. The van der Waals surface area contributed by atoms with Crippen LogP contribution in [-0.2, 0) is 4.79 Å². The number of hydrogen-bond donors (Lipinski definition) is 3. The Labute approximate surface area is 129 Å². The quantitative estimate of drug-likeness (QED) is 0.723. The van der Waals surface area contributed by atoms with Crippen LogP contribution in [0.5, 0.6) is 0 Å². The second-order valence-electron chi connectivity index (χ2n) is 5.14. The smallest absolute Gasteiger partial charge is 0.253 e. The molecule has 1 aromatic carbocycles. The standard InChI is InChI=1S/C15H20ClN3O2/c1-2-7-17-13-6-3-10(16)8-12(13)15(21)18-9-14(20)19-11-4-5-11/h3,6,8,11,17H,2,4-5,7,9H2,1H3,(H,18,21)(H,19,20). The Morgan fingerprint density at radius 3 is 2.76 bits per heavy atom. The molecule has 6 heteroatoms. The van der Waals surface area contributed by atoms with Crippen molar-refractivity contribution in [3.63, 3.8) is 0 Å². The average Bonchev–Trinajstić information content (AvgIpc) is 3.27. The molecule has 0 aliphatic heterocycles. The molecule has 0 aromatic heterocycles. The van der Waals surface area contributed by atoms with Gasteiger partial charge in [-0.3, -0.25) is 9.59 Å². The van der Waals surface area contributed by atoms with Gasteiger partial charge in [0, 0.05) is 23.3 Å². The molecule has 3 N–H and O–H groups in total. The first-order valence-electron chi connectivity index (χ1n) is 7.21. The summed E-state index contributed by atoms with van der Waals surface area (Å²) < 4.78 is 0. The highest BCUT2D eigenvalue weighted by Crippen LogP contribution is 2.21. The lowest BCUT2D eigenvalue weighted by molar-refractivity contribution is -0.120. The van der Waals surface area contributed by atoms with E-state index in [0.717, 1.165) is 31.5 Å². The fraction of sp³-hybridized carbons (Fsp3) is 0.467. The van der Waals surface area contributed by atoms with E-state index in [1.54, 1.807) is 18.2 Å². The van der Waals surface area contributed by atoms with Gasteiger partial charge in [0.2, 0.25) is 5.91 Å². The maximum atomic E-state index is 12.2. The minimum absolute atomic E-state index is 0.0188. The summed E-state index contributed by atoms with van der Waals surface area (Å²) in [5.74, 6) is -0.460. The van der Waals surface area contributed by atoms with Crippen LogP contribution in [0.4, 0.5) is 5.69 Å². The number of nitrogens with one attached hydrogen (secondary N) is 3. The SMILES string of the molecule is CCCNc1ccc(Cl)cc1C(=O)NCC(=O)NC1CC1. The Balaban J connectivity index is 1.95. The van der Waals surface area contributed by atoms with Gasteiger partial charge in [-0.15, -0.1) is 0 Å². The van der Waals surface area contributed by atoms with Gasteiger partial charge in [0.05, 0.1) is 12.1 Å². The van der Waals surface area contributed by atoms with E-state index in [4.69, 9.17) is 11.6 Å². The first-order chi connectivity index (χ1) is 10.1. The maximum Gasteiger partial charge on any atom is 0.253 e. The van der Waals surface area contributed by atoms with Crippen LogP contribution in [-0.4, -0.2) is 30.9 Å². The van der Waals surface area contributed by atoms with Crippen molar-refractivity contribution in [2.45, 2.75) is 32.2 Å². The Morgan fingerprint density at radius 2 is 2.10 bits per heavy atom. The third-order valence-corrected chi connectivity index (χ3v) is 3.38. The zero-order chi connectivity index (χ0) is 15.2. The molecule has 0 heterocycles. The summed E-state index contributed by atoms with van der Waals surface area (Å²) in [6.45, 7) is 2.80. The Morgan fingerprint density at radius 1 is 1.33 bits per heavy atom. The molecule has 2 amide bonds. The molecule has 0 spiro atoms. The monoisotopic (exact) mass is 309 g/mol. The van der Waals surface area contributed by atoms with Gasteiger partial charge >= 0.3 is 0 Å². The van der Waals surface area contributed by atoms with E-state index in [0.29, 0.717) is 16.6 Å². The normalized spacial score (nSPS) is 13.6. The highest BCUT2D eigenvalue weighted by atomic mass is 35.5. The lowest BCUT2D eigenvalue weighted by Gasteiger charge is -2.12. The van der Waals surface area contributed by atoms with Crippen molar-refractivity contribution in [3.05, 3.63) is 28.8 Å². The van der Waals surface area contributed by atoms with Crippen LogP contribution in [0.25, 0.3) is 0 Å². The summed E-state index contributed by atoms with van der Waals surface area (Å²) >= 11 is 5.95. The third-order valence-electron chi connectivity index (χ3n) is 3.14. The highest BCUT2D eigenvalue weighted by Gasteiger charge is 2.23. The number of amides is 2.